The molecule has 0 unspecified atom stereocenters. The predicted octanol–water partition coefficient (Wildman–Crippen LogP) is -1.14. The van der Waals surface area contributed by atoms with E-state index >= 15 is 0 Å². The number of hydrogen-bond donors (Lipinski definition) is 0. The summed E-state index contributed by atoms with van der Waals surface area (Å²) in [6.07, 6.45) is 0. The Kier molecular flexibility index (Phi) is 91.7. The molecule has 0 aliphatic heterocycles. The minimum atomic E-state index is 0. The molecule has 0 atom stereocenters. The number of rotatable bonds is 0. The standard InChI is InChI=1S/2K.Mg.V. The third-order valence-electron chi connectivity index (χ3n) is 0. The van der Waals surface area contributed by atoms with Crippen LogP contribution >= 0.6 is 0 Å². The normalized spacial score (nSPS) is 0. The van der Waals surface area contributed by atoms with Gasteiger partial charge >= 0.3 is 0 Å². The first-order valence-corrected chi connectivity index (χ1v) is 0. The molecule has 9 valence electrons. The van der Waals surface area contributed by atoms with Crippen molar-refractivity contribution in [3.8, 4) is 0 Å². The molecule has 0 aromatic carbocycles. The van der Waals surface area contributed by atoms with Gasteiger partial charge < -0.3 is 0 Å². The van der Waals surface area contributed by atoms with Crippen molar-refractivity contribution in [3.05, 3.63) is 0 Å². The zero-order valence-corrected chi connectivity index (χ0v) is 12.2. The molecule has 0 aliphatic rings. The zero-order valence-electron chi connectivity index (χ0n) is 3.15. The smallest absolute Gasteiger partial charge is 0 e. The van der Waals surface area contributed by atoms with Crippen LogP contribution in [0.1, 0.15) is 0 Å². The van der Waals surface area contributed by atoms with Crippen LogP contribution in [-0.2, 0) is 18.6 Å². The second-order valence-corrected chi connectivity index (χ2v) is 0. The Hall–Kier alpha value is 4.62. The second-order valence-electron chi connectivity index (χ2n) is 0. The van der Waals surface area contributed by atoms with Gasteiger partial charge in [-0.25, -0.2) is 0 Å². The van der Waals surface area contributed by atoms with Crippen LogP contribution in [-0.4, -0.2) is 126 Å². The summed E-state index contributed by atoms with van der Waals surface area (Å²) in [5, 5.41) is 0. The molecule has 0 N–H and O–H groups in total. The van der Waals surface area contributed by atoms with Gasteiger partial charge in [0.05, 0.1) is 0 Å². The van der Waals surface area contributed by atoms with Gasteiger partial charge in [-0.05, 0) is 0 Å². The molecule has 0 nitrogen and oxygen atoms in total. The zero-order chi connectivity index (χ0) is 0. The van der Waals surface area contributed by atoms with E-state index < -0.39 is 0 Å². The van der Waals surface area contributed by atoms with Crippen LogP contribution in [0.5, 0.6) is 0 Å². The minimum absolute atomic E-state index is 0. The van der Waals surface area contributed by atoms with Crippen LogP contribution in [0.25, 0.3) is 0 Å². The Bertz CT molecular complexity index is 6.00. The van der Waals surface area contributed by atoms with E-state index in [1.165, 1.54) is 0 Å². The van der Waals surface area contributed by atoms with E-state index in [-0.39, 0.29) is 144 Å². The fourth-order valence-electron chi connectivity index (χ4n) is 0. The topological polar surface area (TPSA) is 0 Å². The Morgan fingerprint density at radius 3 is 0.750 bits per heavy atom. The minimum Gasteiger partial charge on any atom is 0 e. The molecule has 5 radical (unpaired) electrons. The van der Waals surface area contributed by atoms with Crippen LogP contribution in [0.3, 0.4) is 0 Å². The Balaban J connectivity index is 0. The van der Waals surface area contributed by atoms with Crippen LogP contribution in [0, 0.1) is 0 Å². The van der Waals surface area contributed by atoms with Crippen molar-refractivity contribution in [1.29, 1.82) is 0 Å². The van der Waals surface area contributed by atoms with E-state index in [4.69, 9.17) is 0 Å². The van der Waals surface area contributed by atoms with E-state index in [0.717, 1.165) is 0 Å². The quantitative estimate of drug-likeness (QED) is 0.386. The second kappa shape index (κ2) is 15.6. The van der Waals surface area contributed by atoms with Gasteiger partial charge in [-0.1, -0.05) is 0 Å². The van der Waals surface area contributed by atoms with Gasteiger partial charge in [-0.2, -0.15) is 0 Å². The van der Waals surface area contributed by atoms with E-state index in [2.05, 4.69) is 0 Å². The van der Waals surface area contributed by atoms with Crippen LogP contribution in [0.2, 0.25) is 0 Å². The van der Waals surface area contributed by atoms with E-state index in [1.54, 1.807) is 0 Å². The molecule has 0 aromatic heterocycles. The molecule has 4 heteroatoms. The maximum Gasteiger partial charge on any atom is 0 e. The first-order valence-electron chi connectivity index (χ1n) is 0. The monoisotopic (exact) mass is 153 g/mol. The number of hydrogen-bond acceptors (Lipinski definition) is 0. The summed E-state index contributed by atoms with van der Waals surface area (Å²) < 4.78 is 0. The molecule has 0 aromatic rings. The molecule has 0 fully saturated rings. The molecular weight excluding hydrogens is 153 g/mol. The third kappa shape index (κ3) is 9.80. The fourth-order valence-corrected chi connectivity index (χ4v) is 0. The van der Waals surface area contributed by atoms with Gasteiger partial charge in [0.1, 0.15) is 0 Å². The summed E-state index contributed by atoms with van der Waals surface area (Å²) in [5.74, 6) is 0. The summed E-state index contributed by atoms with van der Waals surface area (Å²) in [4.78, 5) is 0. The maximum atomic E-state index is 0. The molecule has 0 spiro atoms. The summed E-state index contributed by atoms with van der Waals surface area (Å²) in [5.41, 5.74) is 0. The Morgan fingerprint density at radius 2 is 0.750 bits per heavy atom. The molecule has 4 heavy (non-hydrogen) atoms. The summed E-state index contributed by atoms with van der Waals surface area (Å²) in [6.45, 7) is 0. The van der Waals surface area contributed by atoms with E-state index in [9.17, 15) is 0 Å². The van der Waals surface area contributed by atoms with Gasteiger partial charge in [-0.3, -0.25) is 0 Å². The molecule has 0 amide bonds. The molecule has 0 saturated heterocycles. The van der Waals surface area contributed by atoms with Crippen LogP contribution < -0.4 is 0 Å². The first-order chi connectivity index (χ1) is 0. The molecular formula is K2MgV. The fraction of sp³-hybridized carbons (Fsp3) is 0. The largest absolute Gasteiger partial charge is 0 e. The third-order valence-corrected chi connectivity index (χ3v) is 0. The van der Waals surface area contributed by atoms with Gasteiger partial charge in [0.15, 0.2) is 0 Å². The summed E-state index contributed by atoms with van der Waals surface area (Å²) in [6, 6.07) is 0. The molecule has 0 saturated carbocycles. The van der Waals surface area contributed by atoms with Gasteiger partial charge in [0.2, 0.25) is 0 Å². The van der Waals surface area contributed by atoms with Crippen molar-refractivity contribution >= 4 is 126 Å². The van der Waals surface area contributed by atoms with Crippen LogP contribution in [0.4, 0.5) is 0 Å². The van der Waals surface area contributed by atoms with Crippen molar-refractivity contribution in [2.24, 2.45) is 0 Å². The van der Waals surface area contributed by atoms with Crippen molar-refractivity contribution < 1.29 is 18.6 Å². The summed E-state index contributed by atoms with van der Waals surface area (Å²) in [7, 11) is 0. The molecule has 0 aliphatic carbocycles. The molecule has 0 heterocycles. The average molecular weight is 153 g/mol. The summed E-state index contributed by atoms with van der Waals surface area (Å²) >= 11 is 0. The molecule has 0 bridgehead atoms. The molecule has 0 rings (SSSR count). The Labute approximate surface area is 139 Å². The van der Waals surface area contributed by atoms with Gasteiger partial charge in [0, 0.05) is 144 Å². The van der Waals surface area contributed by atoms with Crippen LogP contribution in [0.15, 0.2) is 0 Å². The predicted molar refractivity (Wildman–Crippen MR) is 17.3 cm³/mol. The first kappa shape index (κ1) is 23.4. The van der Waals surface area contributed by atoms with Gasteiger partial charge in [-0.15, -0.1) is 0 Å². The van der Waals surface area contributed by atoms with Crippen molar-refractivity contribution in [2.75, 3.05) is 0 Å². The average Bonchev–Trinajstić information content (AvgIpc) is 0. The van der Waals surface area contributed by atoms with E-state index in [0.29, 0.717) is 0 Å². The van der Waals surface area contributed by atoms with Gasteiger partial charge in [0.25, 0.3) is 0 Å². The van der Waals surface area contributed by atoms with Crippen molar-refractivity contribution in [2.45, 2.75) is 0 Å². The van der Waals surface area contributed by atoms with Crippen molar-refractivity contribution in [3.63, 3.8) is 0 Å². The van der Waals surface area contributed by atoms with E-state index in [1.807, 2.05) is 0 Å². The SMILES string of the molecule is [K].[K].[Mg].[V]. The van der Waals surface area contributed by atoms with Crippen molar-refractivity contribution in [1.82, 2.24) is 0 Å². The maximum absolute atomic E-state index is 0. The Morgan fingerprint density at radius 1 is 0.750 bits per heavy atom.